The van der Waals surface area contributed by atoms with Gasteiger partial charge in [0.1, 0.15) is 0 Å². The van der Waals surface area contributed by atoms with Crippen LogP contribution in [0.1, 0.15) is 30.9 Å². The Bertz CT molecular complexity index is 518. The highest BCUT2D eigenvalue weighted by Crippen LogP contribution is 2.21. The van der Waals surface area contributed by atoms with E-state index in [-0.39, 0.29) is 17.5 Å². The number of anilines is 1. The molecule has 0 heterocycles. The second kappa shape index (κ2) is 6.36. The van der Waals surface area contributed by atoms with Gasteiger partial charge < -0.3 is 10.8 Å². The van der Waals surface area contributed by atoms with E-state index in [1.165, 1.54) is 6.07 Å². The Morgan fingerprint density at radius 1 is 1.37 bits per heavy atom. The molecule has 0 aromatic heterocycles. The second-order valence-corrected chi connectivity index (χ2v) is 6.56. The number of aliphatic hydroxyl groups excluding tert-OH is 1. The molecule has 1 atom stereocenters. The molecule has 0 fully saturated rings. The summed E-state index contributed by atoms with van der Waals surface area (Å²) in [4.78, 5) is 0.184. The fourth-order valence-electron chi connectivity index (χ4n) is 1.80. The SMILES string of the molecule is Cc1cc(S(=O)(=O)NC(C)CCCO)cc(N)c1C. The zero-order valence-corrected chi connectivity index (χ0v) is 12.4. The molecule has 0 saturated carbocycles. The first-order valence-corrected chi connectivity index (χ1v) is 7.76. The van der Waals surface area contributed by atoms with Crippen LogP contribution >= 0.6 is 0 Å². The molecular weight excluding hydrogens is 264 g/mol. The minimum atomic E-state index is -3.56. The molecule has 0 radical (unpaired) electrons. The van der Waals surface area contributed by atoms with E-state index in [0.29, 0.717) is 18.5 Å². The standard InChI is InChI=1S/C13H22N2O3S/c1-9-7-12(8-13(14)11(9)3)19(17,18)15-10(2)5-4-6-16/h7-8,10,15-16H,4-6,14H2,1-3H3. The fraction of sp³-hybridized carbons (Fsp3) is 0.538. The molecule has 0 aliphatic heterocycles. The van der Waals surface area contributed by atoms with E-state index in [4.69, 9.17) is 10.8 Å². The number of sulfonamides is 1. The molecule has 1 unspecified atom stereocenters. The summed E-state index contributed by atoms with van der Waals surface area (Å²) in [6.07, 6.45) is 1.16. The van der Waals surface area contributed by atoms with Gasteiger partial charge in [0.25, 0.3) is 0 Å². The van der Waals surface area contributed by atoms with Gasteiger partial charge >= 0.3 is 0 Å². The van der Waals surface area contributed by atoms with Gasteiger partial charge in [0, 0.05) is 18.3 Å². The molecule has 108 valence electrons. The number of nitrogens with one attached hydrogen (secondary N) is 1. The van der Waals surface area contributed by atoms with E-state index < -0.39 is 10.0 Å². The van der Waals surface area contributed by atoms with Crippen molar-refractivity contribution in [3.63, 3.8) is 0 Å². The van der Waals surface area contributed by atoms with Crippen molar-refractivity contribution in [2.75, 3.05) is 12.3 Å². The van der Waals surface area contributed by atoms with E-state index in [0.717, 1.165) is 11.1 Å². The third-order valence-corrected chi connectivity index (χ3v) is 4.71. The van der Waals surface area contributed by atoms with Crippen LogP contribution in [-0.4, -0.2) is 26.2 Å². The number of rotatable bonds is 6. The van der Waals surface area contributed by atoms with Crippen molar-refractivity contribution in [2.24, 2.45) is 0 Å². The Morgan fingerprint density at radius 3 is 2.53 bits per heavy atom. The quantitative estimate of drug-likeness (QED) is 0.688. The number of aliphatic hydroxyl groups is 1. The summed E-state index contributed by atoms with van der Waals surface area (Å²) in [5.74, 6) is 0. The van der Waals surface area contributed by atoms with Crippen LogP contribution in [0.3, 0.4) is 0 Å². The lowest BCUT2D eigenvalue weighted by Crippen LogP contribution is -2.32. The highest BCUT2D eigenvalue weighted by molar-refractivity contribution is 7.89. The summed E-state index contributed by atoms with van der Waals surface area (Å²) in [7, 11) is -3.56. The predicted molar refractivity (Wildman–Crippen MR) is 76.4 cm³/mol. The monoisotopic (exact) mass is 286 g/mol. The average molecular weight is 286 g/mol. The minimum absolute atomic E-state index is 0.0582. The Balaban J connectivity index is 2.95. The molecule has 1 aromatic carbocycles. The van der Waals surface area contributed by atoms with Crippen molar-refractivity contribution in [3.8, 4) is 0 Å². The van der Waals surface area contributed by atoms with Crippen LogP contribution in [0.5, 0.6) is 0 Å². The average Bonchev–Trinajstić information content (AvgIpc) is 2.32. The number of nitrogen functional groups attached to an aromatic ring is 1. The van der Waals surface area contributed by atoms with Gasteiger partial charge in [-0.2, -0.15) is 0 Å². The van der Waals surface area contributed by atoms with Gasteiger partial charge in [-0.25, -0.2) is 13.1 Å². The van der Waals surface area contributed by atoms with Gasteiger partial charge in [0.2, 0.25) is 10.0 Å². The maximum Gasteiger partial charge on any atom is 0.240 e. The fourth-order valence-corrected chi connectivity index (χ4v) is 3.19. The number of nitrogens with two attached hydrogens (primary N) is 1. The third kappa shape index (κ3) is 4.19. The molecule has 19 heavy (non-hydrogen) atoms. The highest BCUT2D eigenvalue weighted by Gasteiger charge is 2.18. The Kier molecular flexibility index (Phi) is 5.34. The maximum absolute atomic E-state index is 12.2. The number of hydrogen-bond acceptors (Lipinski definition) is 4. The van der Waals surface area contributed by atoms with Crippen LogP contribution < -0.4 is 10.5 Å². The lowest BCUT2D eigenvalue weighted by molar-refractivity contribution is 0.279. The minimum Gasteiger partial charge on any atom is -0.398 e. The number of benzene rings is 1. The summed E-state index contributed by atoms with van der Waals surface area (Å²) in [5, 5.41) is 8.74. The molecule has 0 amide bonds. The van der Waals surface area contributed by atoms with Crippen molar-refractivity contribution < 1.29 is 13.5 Å². The summed E-state index contributed by atoms with van der Waals surface area (Å²) in [6, 6.07) is 2.87. The van der Waals surface area contributed by atoms with Crippen LogP contribution in [-0.2, 0) is 10.0 Å². The van der Waals surface area contributed by atoms with E-state index in [9.17, 15) is 8.42 Å². The van der Waals surface area contributed by atoms with Gasteiger partial charge in [0.15, 0.2) is 0 Å². The molecule has 1 rings (SSSR count). The molecule has 0 saturated heterocycles. The van der Waals surface area contributed by atoms with Crippen LogP contribution in [0.15, 0.2) is 17.0 Å². The van der Waals surface area contributed by atoms with Gasteiger partial charge in [0.05, 0.1) is 4.90 Å². The van der Waals surface area contributed by atoms with Gasteiger partial charge in [-0.05, 0) is 56.9 Å². The van der Waals surface area contributed by atoms with Crippen molar-refractivity contribution in [1.82, 2.24) is 4.72 Å². The smallest absolute Gasteiger partial charge is 0.240 e. The number of aryl methyl sites for hydroxylation is 1. The van der Waals surface area contributed by atoms with Crippen LogP contribution in [0, 0.1) is 13.8 Å². The van der Waals surface area contributed by atoms with Crippen molar-refractivity contribution >= 4 is 15.7 Å². The molecule has 5 nitrogen and oxygen atoms in total. The molecule has 0 bridgehead atoms. The lowest BCUT2D eigenvalue weighted by Gasteiger charge is -2.15. The normalized spacial score (nSPS) is 13.5. The third-order valence-electron chi connectivity index (χ3n) is 3.14. The molecular formula is C13H22N2O3S. The van der Waals surface area contributed by atoms with E-state index in [2.05, 4.69) is 4.72 Å². The summed E-state index contributed by atoms with van der Waals surface area (Å²) in [5.41, 5.74) is 8.03. The summed E-state index contributed by atoms with van der Waals surface area (Å²) < 4.78 is 27.0. The van der Waals surface area contributed by atoms with Gasteiger partial charge in [-0.15, -0.1) is 0 Å². The first-order valence-electron chi connectivity index (χ1n) is 6.28. The highest BCUT2D eigenvalue weighted by atomic mass is 32.2. The molecule has 4 N–H and O–H groups in total. The topological polar surface area (TPSA) is 92.4 Å². The summed E-state index contributed by atoms with van der Waals surface area (Å²) >= 11 is 0. The van der Waals surface area contributed by atoms with Crippen molar-refractivity contribution in [3.05, 3.63) is 23.3 Å². The van der Waals surface area contributed by atoms with Gasteiger partial charge in [-0.3, -0.25) is 0 Å². The van der Waals surface area contributed by atoms with Gasteiger partial charge in [-0.1, -0.05) is 0 Å². The summed E-state index contributed by atoms with van der Waals surface area (Å²) in [6.45, 7) is 5.53. The zero-order valence-electron chi connectivity index (χ0n) is 11.6. The van der Waals surface area contributed by atoms with E-state index >= 15 is 0 Å². The number of hydrogen-bond donors (Lipinski definition) is 3. The Hall–Kier alpha value is -1.11. The Labute approximate surface area is 114 Å². The van der Waals surface area contributed by atoms with E-state index in [1.807, 2.05) is 13.8 Å². The maximum atomic E-state index is 12.2. The zero-order chi connectivity index (χ0) is 14.6. The lowest BCUT2D eigenvalue weighted by atomic mass is 10.1. The van der Waals surface area contributed by atoms with Crippen LogP contribution in [0.25, 0.3) is 0 Å². The second-order valence-electron chi connectivity index (χ2n) is 4.84. The van der Waals surface area contributed by atoms with Crippen molar-refractivity contribution in [1.29, 1.82) is 0 Å². The molecule has 0 aliphatic rings. The molecule has 0 aliphatic carbocycles. The Morgan fingerprint density at radius 2 is 2.00 bits per heavy atom. The molecule has 0 spiro atoms. The molecule has 6 heteroatoms. The predicted octanol–water partition coefficient (Wildman–Crippen LogP) is 1.32. The van der Waals surface area contributed by atoms with Crippen molar-refractivity contribution in [2.45, 2.75) is 44.6 Å². The molecule has 1 aromatic rings. The first-order chi connectivity index (χ1) is 8.77. The van der Waals surface area contributed by atoms with Crippen LogP contribution in [0.2, 0.25) is 0 Å². The first kappa shape index (κ1) is 15.9. The largest absolute Gasteiger partial charge is 0.398 e. The van der Waals surface area contributed by atoms with E-state index in [1.54, 1.807) is 13.0 Å². The van der Waals surface area contributed by atoms with Crippen LogP contribution in [0.4, 0.5) is 5.69 Å².